The van der Waals surface area contributed by atoms with Crippen LogP contribution in [0.1, 0.15) is 18.3 Å². The zero-order valence-electron chi connectivity index (χ0n) is 14.6. The molecule has 0 saturated carbocycles. The predicted octanol–water partition coefficient (Wildman–Crippen LogP) is 2.47. The molecular formula is C19H17BrN4O3. The number of hydrogen-bond donors (Lipinski definition) is 1. The molecule has 3 rings (SSSR count). The summed E-state index contributed by atoms with van der Waals surface area (Å²) in [6.45, 7) is 1.74. The molecule has 0 bridgehead atoms. The maximum absolute atomic E-state index is 12.8. The lowest BCUT2D eigenvalue weighted by atomic mass is 10.2. The van der Waals surface area contributed by atoms with Crippen molar-refractivity contribution in [2.75, 3.05) is 6.61 Å². The Morgan fingerprint density at radius 3 is 2.70 bits per heavy atom. The van der Waals surface area contributed by atoms with Crippen LogP contribution in [0.15, 0.2) is 56.8 Å². The van der Waals surface area contributed by atoms with Crippen molar-refractivity contribution in [2.24, 2.45) is 10.8 Å². The molecule has 2 N–H and O–H groups in total. The number of nitrogens with two attached hydrogens (primary N) is 1. The largest absolute Gasteiger partial charge is 0.484 e. The summed E-state index contributed by atoms with van der Waals surface area (Å²) in [7, 11) is 0. The molecule has 138 valence electrons. The number of carbonyl (C=O) groups excluding carboxylic acids is 1. The monoisotopic (exact) mass is 428 g/mol. The Labute approximate surface area is 163 Å². The highest BCUT2D eigenvalue weighted by Crippen LogP contribution is 2.16. The van der Waals surface area contributed by atoms with Gasteiger partial charge in [0.05, 0.1) is 17.1 Å². The smallest absolute Gasteiger partial charge is 0.282 e. The minimum Gasteiger partial charge on any atom is -0.484 e. The first-order valence-corrected chi connectivity index (χ1v) is 9.04. The summed E-state index contributed by atoms with van der Waals surface area (Å²) < 4.78 is 7.33. The van der Waals surface area contributed by atoms with E-state index in [1.807, 2.05) is 13.0 Å². The highest BCUT2D eigenvalue weighted by molar-refractivity contribution is 9.10. The van der Waals surface area contributed by atoms with Crippen LogP contribution in [0.5, 0.6) is 5.75 Å². The Morgan fingerprint density at radius 2 is 2.04 bits per heavy atom. The fourth-order valence-electron chi connectivity index (χ4n) is 2.47. The first-order valence-electron chi connectivity index (χ1n) is 8.24. The lowest BCUT2D eigenvalue weighted by Crippen LogP contribution is -2.22. The molecule has 3 aromatic rings. The van der Waals surface area contributed by atoms with Crippen LogP contribution in [0.4, 0.5) is 0 Å². The van der Waals surface area contributed by atoms with Crippen molar-refractivity contribution < 1.29 is 9.53 Å². The van der Waals surface area contributed by atoms with Crippen LogP contribution < -0.4 is 16.0 Å². The highest BCUT2D eigenvalue weighted by Gasteiger charge is 2.09. The molecular weight excluding hydrogens is 412 g/mol. The van der Waals surface area contributed by atoms with Gasteiger partial charge in [0.25, 0.3) is 11.5 Å². The third-order valence-corrected chi connectivity index (χ3v) is 4.27. The molecule has 0 fully saturated rings. The first-order chi connectivity index (χ1) is 13.0. The maximum atomic E-state index is 12.8. The fraction of sp³-hybridized carbons (Fsp3) is 0.158. The average Bonchev–Trinajstić information content (AvgIpc) is 2.66. The van der Waals surface area contributed by atoms with E-state index >= 15 is 0 Å². The number of benzene rings is 2. The second-order valence-electron chi connectivity index (χ2n) is 5.73. The molecule has 0 radical (unpaired) electrons. The highest BCUT2D eigenvalue weighted by atomic mass is 79.9. The summed E-state index contributed by atoms with van der Waals surface area (Å²) in [6.07, 6.45) is 2.14. The lowest BCUT2D eigenvalue weighted by Gasteiger charge is -2.08. The molecule has 0 aliphatic heterocycles. The summed E-state index contributed by atoms with van der Waals surface area (Å²) >= 11 is 3.38. The lowest BCUT2D eigenvalue weighted by molar-refractivity contribution is -0.119. The molecule has 0 spiro atoms. The van der Waals surface area contributed by atoms with E-state index in [2.05, 4.69) is 26.0 Å². The fourth-order valence-corrected chi connectivity index (χ4v) is 2.83. The van der Waals surface area contributed by atoms with Gasteiger partial charge in [-0.05, 0) is 48.0 Å². The van der Waals surface area contributed by atoms with Crippen molar-refractivity contribution >= 4 is 39.0 Å². The number of rotatable bonds is 6. The third-order valence-electron chi connectivity index (χ3n) is 3.78. The third kappa shape index (κ3) is 4.40. The Morgan fingerprint density at radius 1 is 1.30 bits per heavy atom. The molecule has 8 heteroatoms. The number of amides is 1. The van der Waals surface area contributed by atoms with Crippen LogP contribution in [0.3, 0.4) is 0 Å². The number of aromatic nitrogens is 2. The van der Waals surface area contributed by atoms with E-state index < -0.39 is 5.91 Å². The Balaban J connectivity index is 1.92. The van der Waals surface area contributed by atoms with Gasteiger partial charge in [0.1, 0.15) is 11.6 Å². The van der Waals surface area contributed by atoms with Gasteiger partial charge in [-0.15, -0.1) is 0 Å². The van der Waals surface area contributed by atoms with E-state index in [0.717, 1.165) is 10.0 Å². The second-order valence-corrected chi connectivity index (χ2v) is 6.64. The Bertz CT molecular complexity index is 1070. The number of primary amides is 1. The molecule has 0 saturated heterocycles. The van der Waals surface area contributed by atoms with Crippen molar-refractivity contribution in [3.8, 4) is 5.75 Å². The summed E-state index contributed by atoms with van der Waals surface area (Å²) in [6, 6.07) is 12.3. The topological polar surface area (TPSA) is 99.6 Å². The van der Waals surface area contributed by atoms with Crippen LogP contribution in [0.25, 0.3) is 10.9 Å². The molecule has 1 heterocycles. The van der Waals surface area contributed by atoms with E-state index in [1.165, 1.54) is 4.68 Å². The second kappa shape index (κ2) is 8.13. The van der Waals surface area contributed by atoms with Gasteiger partial charge in [-0.25, -0.2) is 4.98 Å². The van der Waals surface area contributed by atoms with Crippen molar-refractivity contribution in [1.82, 2.24) is 9.66 Å². The van der Waals surface area contributed by atoms with Crippen LogP contribution in [0.2, 0.25) is 0 Å². The molecule has 27 heavy (non-hydrogen) atoms. The van der Waals surface area contributed by atoms with Crippen molar-refractivity contribution in [3.05, 3.63) is 68.7 Å². The molecule has 1 aromatic heterocycles. The zero-order valence-corrected chi connectivity index (χ0v) is 16.1. The van der Waals surface area contributed by atoms with Gasteiger partial charge in [0, 0.05) is 10.9 Å². The first kappa shape index (κ1) is 18.8. The number of fused-ring (bicyclic) bond motifs is 1. The molecule has 7 nitrogen and oxygen atoms in total. The number of hydrogen-bond acceptors (Lipinski definition) is 5. The number of halogens is 1. The van der Waals surface area contributed by atoms with Gasteiger partial charge in [0.2, 0.25) is 0 Å². The van der Waals surface area contributed by atoms with Crippen LogP contribution >= 0.6 is 15.9 Å². The molecule has 0 unspecified atom stereocenters. The molecule has 1 amide bonds. The van der Waals surface area contributed by atoms with Crippen LogP contribution in [-0.2, 0) is 11.2 Å². The summed E-state index contributed by atoms with van der Waals surface area (Å²) in [5, 5.41) is 4.81. The van der Waals surface area contributed by atoms with Crippen LogP contribution in [-0.4, -0.2) is 28.4 Å². The maximum Gasteiger partial charge on any atom is 0.282 e. The van der Waals surface area contributed by atoms with Gasteiger partial charge in [-0.1, -0.05) is 22.9 Å². The van der Waals surface area contributed by atoms with E-state index in [4.69, 9.17) is 10.5 Å². The minimum atomic E-state index is -0.539. The van der Waals surface area contributed by atoms with Crippen molar-refractivity contribution in [3.63, 3.8) is 0 Å². The summed E-state index contributed by atoms with van der Waals surface area (Å²) in [5.41, 5.74) is 6.23. The molecule has 2 aromatic carbocycles. The molecule has 0 aliphatic carbocycles. The molecule has 0 aliphatic rings. The Hall–Kier alpha value is -3.00. The predicted molar refractivity (Wildman–Crippen MR) is 107 cm³/mol. The van der Waals surface area contributed by atoms with Gasteiger partial charge < -0.3 is 10.5 Å². The quantitative estimate of drug-likeness (QED) is 0.609. The van der Waals surface area contributed by atoms with Gasteiger partial charge >= 0.3 is 0 Å². The minimum absolute atomic E-state index is 0.180. The van der Waals surface area contributed by atoms with E-state index in [1.54, 1.807) is 42.6 Å². The van der Waals surface area contributed by atoms with E-state index in [-0.39, 0.29) is 12.2 Å². The summed E-state index contributed by atoms with van der Waals surface area (Å²) in [4.78, 5) is 28.1. The van der Waals surface area contributed by atoms with Gasteiger partial charge in [0.15, 0.2) is 6.61 Å². The van der Waals surface area contributed by atoms with Crippen molar-refractivity contribution in [1.29, 1.82) is 0 Å². The van der Waals surface area contributed by atoms with Gasteiger partial charge in [-0.3, -0.25) is 9.59 Å². The number of carbonyl (C=O) groups is 1. The van der Waals surface area contributed by atoms with E-state index in [0.29, 0.717) is 28.9 Å². The van der Waals surface area contributed by atoms with Crippen molar-refractivity contribution in [2.45, 2.75) is 13.3 Å². The normalized spacial score (nSPS) is 11.2. The summed E-state index contributed by atoms with van der Waals surface area (Å²) in [5.74, 6) is 0.560. The van der Waals surface area contributed by atoms with E-state index in [9.17, 15) is 9.59 Å². The number of nitrogens with zero attached hydrogens (tertiary/aromatic N) is 3. The van der Waals surface area contributed by atoms with Crippen LogP contribution in [0, 0.1) is 0 Å². The number of ether oxygens (including phenoxy) is 1. The number of aryl methyl sites for hydroxylation is 1. The SMILES string of the molecule is CCc1nc2ccc(Br)cc2c(=O)n1N=Cc1ccc(OCC(N)=O)cc1. The Kier molecular flexibility index (Phi) is 5.66. The van der Waals surface area contributed by atoms with Gasteiger partial charge in [-0.2, -0.15) is 9.78 Å². The molecule has 0 atom stereocenters. The average molecular weight is 429 g/mol. The zero-order chi connectivity index (χ0) is 19.4. The standard InChI is InChI=1S/C19H17BrN4O3/c1-2-18-23-16-8-5-13(20)9-15(16)19(26)24(18)22-10-12-3-6-14(7-4-12)27-11-17(21)25/h3-10H,2,11H2,1H3,(H2,21,25).